The van der Waals surface area contributed by atoms with Gasteiger partial charge in [0.2, 0.25) is 11.8 Å². The zero-order chi connectivity index (χ0) is 14.1. The Morgan fingerprint density at radius 3 is 2.75 bits per heavy atom. The molecule has 2 amide bonds. The van der Waals surface area contributed by atoms with Gasteiger partial charge in [-0.1, -0.05) is 25.7 Å². The predicted octanol–water partition coefficient (Wildman–Crippen LogP) is 1.85. The van der Waals surface area contributed by atoms with Crippen LogP contribution < -0.4 is 5.32 Å². The first-order chi connectivity index (χ1) is 9.66. The molecule has 0 aromatic carbocycles. The molecule has 3 fully saturated rings. The van der Waals surface area contributed by atoms with E-state index in [0.29, 0.717) is 11.8 Å². The number of carbonyl (C=O) groups is 2. The van der Waals surface area contributed by atoms with Gasteiger partial charge < -0.3 is 10.2 Å². The number of rotatable bonds is 4. The lowest BCUT2D eigenvalue weighted by Crippen LogP contribution is -2.47. The zero-order valence-corrected chi connectivity index (χ0v) is 13.0. The Labute approximate surface area is 125 Å². The maximum atomic E-state index is 12.2. The summed E-state index contributed by atoms with van der Waals surface area (Å²) in [6, 6.07) is -0.249. The van der Waals surface area contributed by atoms with Gasteiger partial charge in [0.25, 0.3) is 0 Å². The van der Waals surface area contributed by atoms with Crippen molar-refractivity contribution in [1.29, 1.82) is 0 Å². The quantitative estimate of drug-likeness (QED) is 0.861. The van der Waals surface area contributed by atoms with Gasteiger partial charge >= 0.3 is 0 Å². The van der Waals surface area contributed by atoms with E-state index >= 15 is 0 Å². The van der Waals surface area contributed by atoms with E-state index in [1.54, 1.807) is 23.6 Å². The van der Waals surface area contributed by atoms with Gasteiger partial charge in [0, 0.05) is 19.2 Å². The molecule has 0 aromatic heterocycles. The first-order valence-corrected chi connectivity index (χ1v) is 8.95. The third kappa shape index (κ3) is 2.97. The van der Waals surface area contributed by atoms with Gasteiger partial charge in [0.05, 0.1) is 5.88 Å². The highest BCUT2D eigenvalue weighted by atomic mass is 32.2. The van der Waals surface area contributed by atoms with Crippen LogP contribution in [0, 0.1) is 17.8 Å². The Bertz CT molecular complexity index is 395. The molecule has 0 radical (unpaired) electrons. The fraction of sp³-hybridized carbons (Fsp3) is 0.867. The van der Waals surface area contributed by atoms with E-state index in [9.17, 15) is 9.59 Å². The van der Waals surface area contributed by atoms with E-state index in [1.165, 1.54) is 32.1 Å². The molecule has 112 valence electrons. The van der Waals surface area contributed by atoms with Gasteiger partial charge in [-0.2, -0.15) is 0 Å². The van der Waals surface area contributed by atoms with Crippen LogP contribution >= 0.6 is 11.8 Å². The van der Waals surface area contributed by atoms with E-state index < -0.39 is 0 Å². The number of amides is 2. The summed E-state index contributed by atoms with van der Waals surface area (Å²) < 4.78 is 0. The van der Waals surface area contributed by atoms with E-state index in [0.717, 1.165) is 24.1 Å². The Morgan fingerprint density at radius 1 is 1.30 bits per heavy atom. The molecule has 3 rings (SSSR count). The molecule has 0 spiro atoms. The molecule has 4 nitrogen and oxygen atoms in total. The summed E-state index contributed by atoms with van der Waals surface area (Å²) in [5.74, 6) is 3.92. The minimum absolute atomic E-state index is 0.00500. The van der Waals surface area contributed by atoms with Crippen LogP contribution in [-0.2, 0) is 9.59 Å². The fourth-order valence-electron chi connectivity index (χ4n) is 3.79. The summed E-state index contributed by atoms with van der Waals surface area (Å²) in [4.78, 5) is 25.4. The van der Waals surface area contributed by atoms with Crippen LogP contribution in [0.25, 0.3) is 0 Å². The van der Waals surface area contributed by atoms with Crippen LogP contribution in [0.2, 0.25) is 0 Å². The number of hydrogen-bond donors (Lipinski definition) is 1. The molecule has 2 saturated carbocycles. The van der Waals surface area contributed by atoms with Crippen molar-refractivity contribution in [2.24, 2.45) is 17.8 Å². The van der Waals surface area contributed by atoms with Crippen molar-refractivity contribution in [2.75, 3.05) is 18.2 Å². The summed E-state index contributed by atoms with van der Waals surface area (Å²) >= 11 is 1.66. The molecule has 1 aliphatic heterocycles. The molecule has 5 heteroatoms. The monoisotopic (exact) mass is 296 g/mol. The smallest absolute Gasteiger partial charge is 0.243 e. The largest absolute Gasteiger partial charge is 0.354 e. The highest BCUT2D eigenvalue weighted by Gasteiger charge is 2.43. The van der Waals surface area contributed by atoms with Crippen molar-refractivity contribution >= 4 is 23.6 Å². The van der Waals surface area contributed by atoms with Crippen molar-refractivity contribution in [1.82, 2.24) is 10.2 Å². The van der Waals surface area contributed by atoms with Crippen LogP contribution in [0.15, 0.2) is 0 Å². The minimum Gasteiger partial charge on any atom is -0.354 e. The van der Waals surface area contributed by atoms with E-state index in [-0.39, 0.29) is 17.9 Å². The van der Waals surface area contributed by atoms with Gasteiger partial charge in [0.1, 0.15) is 6.04 Å². The maximum Gasteiger partial charge on any atom is 0.243 e. The molecule has 2 aliphatic carbocycles. The molecular weight excluding hydrogens is 272 g/mol. The van der Waals surface area contributed by atoms with E-state index in [1.807, 2.05) is 0 Å². The number of hydrogen-bond acceptors (Lipinski definition) is 3. The molecule has 1 heterocycles. The van der Waals surface area contributed by atoms with Crippen LogP contribution in [-0.4, -0.2) is 40.9 Å². The maximum absolute atomic E-state index is 12.2. The average molecular weight is 296 g/mol. The van der Waals surface area contributed by atoms with Crippen molar-refractivity contribution in [2.45, 2.75) is 45.1 Å². The summed E-state index contributed by atoms with van der Waals surface area (Å²) in [5, 5.41) is 3.08. The van der Waals surface area contributed by atoms with Crippen molar-refractivity contribution < 1.29 is 9.59 Å². The lowest BCUT2D eigenvalue weighted by Gasteiger charge is -2.21. The van der Waals surface area contributed by atoms with Crippen LogP contribution in [0.5, 0.6) is 0 Å². The molecule has 20 heavy (non-hydrogen) atoms. The lowest BCUT2D eigenvalue weighted by molar-refractivity contribution is -0.136. The molecule has 3 aliphatic rings. The van der Waals surface area contributed by atoms with Crippen LogP contribution in [0.4, 0.5) is 0 Å². The van der Waals surface area contributed by atoms with Gasteiger partial charge in [-0.3, -0.25) is 9.59 Å². The van der Waals surface area contributed by atoms with Crippen molar-refractivity contribution in [3.8, 4) is 0 Å². The normalized spacial score (nSPS) is 33.5. The topological polar surface area (TPSA) is 49.4 Å². The predicted molar refractivity (Wildman–Crippen MR) is 80.2 cm³/mol. The summed E-state index contributed by atoms with van der Waals surface area (Å²) in [6.45, 7) is 2.36. The Kier molecular flexibility index (Phi) is 4.24. The summed E-state index contributed by atoms with van der Waals surface area (Å²) in [7, 11) is 0. The van der Waals surface area contributed by atoms with Gasteiger partial charge in [0.15, 0.2) is 0 Å². The first kappa shape index (κ1) is 14.2. The molecular formula is C15H24N2O2S. The first-order valence-electron chi connectivity index (χ1n) is 7.79. The zero-order valence-electron chi connectivity index (χ0n) is 12.1. The third-order valence-electron chi connectivity index (χ3n) is 5.11. The molecule has 0 bridgehead atoms. The number of carbonyl (C=O) groups excluding carboxylic acids is 2. The Hall–Kier alpha value is -0.710. The molecule has 1 saturated heterocycles. The van der Waals surface area contributed by atoms with Gasteiger partial charge in [-0.25, -0.2) is 0 Å². The van der Waals surface area contributed by atoms with Crippen LogP contribution in [0.3, 0.4) is 0 Å². The molecule has 2 unspecified atom stereocenters. The van der Waals surface area contributed by atoms with Crippen LogP contribution in [0.1, 0.15) is 39.0 Å². The lowest BCUT2D eigenvalue weighted by atomic mass is 10.0. The number of thioether (sulfide) groups is 1. The second kappa shape index (κ2) is 5.96. The highest BCUT2D eigenvalue weighted by Crippen LogP contribution is 2.49. The Balaban J connectivity index is 1.42. The van der Waals surface area contributed by atoms with Gasteiger partial charge in [-0.15, -0.1) is 11.8 Å². The third-order valence-corrected chi connectivity index (χ3v) is 6.12. The van der Waals surface area contributed by atoms with Crippen molar-refractivity contribution in [3.63, 3.8) is 0 Å². The second-order valence-corrected chi connectivity index (χ2v) is 7.45. The molecule has 3 atom stereocenters. The fourth-order valence-corrected chi connectivity index (χ4v) is 5.01. The molecule has 0 aromatic rings. The summed E-state index contributed by atoms with van der Waals surface area (Å²) in [5.41, 5.74) is 0. The van der Waals surface area contributed by atoms with Gasteiger partial charge in [-0.05, 0) is 24.2 Å². The minimum atomic E-state index is -0.249. The van der Waals surface area contributed by atoms with Crippen molar-refractivity contribution in [3.05, 3.63) is 0 Å². The Morgan fingerprint density at radius 2 is 2.05 bits per heavy atom. The second-order valence-electron chi connectivity index (χ2n) is 6.45. The number of nitrogens with zero attached hydrogens (tertiary/aromatic N) is 1. The van der Waals surface area contributed by atoms with E-state index in [4.69, 9.17) is 0 Å². The molecule has 1 N–H and O–H groups in total. The van der Waals surface area contributed by atoms with E-state index in [2.05, 4.69) is 5.32 Å². The highest BCUT2D eigenvalue weighted by molar-refractivity contribution is 7.99. The summed E-state index contributed by atoms with van der Waals surface area (Å²) in [6.07, 6.45) is 6.87. The average Bonchev–Trinajstić information content (AvgIpc) is 2.88. The SMILES string of the molecule is CC(=O)N1CSC[C@@H]1C(=O)NCC1CC1C1CCCC1. The standard InChI is InChI=1S/C15H24N2O2S/c1-10(18)17-9-20-8-14(17)15(19)16-7-12-6-13(12)11-4-2-3-5-11/h11-14H,2-9H2,1H3,(H,16,19)/t12?,13?,14-/m1/s1. The number of nitrogens with one attached hydrogen (secondary N) is 1.